The van der Waals surface area contributed by atoms with Crippen molar-refractivity contribution in [3.63, 3.8) is 0 Å². The van der Waals surface area contributed by atoms with Gasteiger partial charge in [0.15, 0.2) is 17.4 Å². The third-order valence-electron chi connectivity index (χ3n) is 3.04. The Morgan fingerprint density at radius 3 is 2.25 bits per heavy atom. The van der Waals surface area contributed by atoms with Crippen molar-refractivity contribution in [2.45, 2.75) is 18.8 Å². The lowest BCUT2D eigenvalue weighted by Crippen LogP contribution is -2.26. The van der Waals surface area contributed by atoms with Crippen LogP contribution < -0.4 is 10.1 Å². The first kappa shape index (κ1) is 11.3. The van der Waals surface area contributed by atoms with Crippen molar-refractivity contribution in [3.05, 3.63) is 29.3 Å². The van der Waals surface area contributed by atoms with E-state index in [4.69, 9.17) is 0 Å². The van der Waals surface area contributed by atoms with E-state index in [9.17, 15) is 8.78 Å². The van der Waals surface area contributed by atoms with Gasteiger partial charge in [-0.05, 0) is 49.5 Å². The highest BCUT2D eigenvalue weighted by molar-refractivity contribution is 5.33. The van der Waals surface area contributed by atoms with Gasteiger partial charge in [0.2, 0.25) is 0 Å². The van der Waals surface area contributed by atoms with Crippen LogP contribution in [0.5, 0.6) is 5.75 Å². The molecule has 1 aromatic carbocycles. The molecule has 2 nitrogen and oxygen atoms in total. The molecule has 4 heteroatoms. The zero-order valence-corrected chi connectivity index (χ0v) is 9.22. The molecule has 0 aliphatic carbocycles. The number of rotatable bonds is 2. The fourth-order valence-electron chi connectivity index (χ4n) is 2.17. The van der Waals surface area contributed by atoms with E-state index in [0.29, 0.717) is 0 Å². The number of hydrogen-bond donors (Lipinski definition) is 1. The molecule has 0 spiro atoms. The molecule has 16 heavy (non-hydrogen) atoms. The molecule has 0 saturated carbocycles. The SMILES string of the molecule is COc1c(F)cc(C2CCNCC2)cc1F. The molecule has 2 rings (SSSR count). The number of ether oxygens (including phenoxy) is 1. The zero-order chi connectivity index (χ0) is 11.5. The Morgan fingerprint density at radius 2 is 1.75 bits per heavy atom. The summed E-state index contributed by atoms with van der Waals surface area (Å²) in [6.07, 6.45) is 1.84. The van der Waals surface area contributed by atoms with Crippen LogP contribution in [0.4, 0.5) is 8.78 Å². The van der Waals surface area contributed by atoms with Gasteiger partial charge in [-0.1, -0.05) is 0 Å². The molecule has 1 aromatic rings. The van der Waals surface area contributed by atoms with E-state index >= 15 is 0 Å². The van der Waals surface area contributed by atoms with E-state index < -0.39 is 11.6 Å². The fourth-order valence-corrected chi connectivity index (χ4v) is 2.17. The second-order valence-corrected chi connectivity index (χ2v) is 4.04. The highest BCUT2D eigenvalue weighted by atomic mass is 19.1. The smallest absolute Gasteiger partial charge is 0.190 e. The molecule has 1 aliphatic heterocycles. The average Bonchev–Trinajstić information content (AvgIpc) is 2.30. The fraction of sp³-hybridized carbons (Fsp3) is 0.500. The number of methoxy groups -OCH3 is 1. The lowest BCUT2D eigenvalue weighted by atomic mass is 9.90. The van der Waals surface area contributed by atoms with Gasteiger partial charge in [-0.3, -0.25) is 0 Å². The van der Waals surface area contributed by atoms with Crippen molar-refractivity contribution in [2.24, 2.45) is 0 Å². The molecule has 1 heterocycles. The summed E-state index contributed by atoms with van der Waals surface area (Å²) < 4.78 is 31.6. The van der Waals surface area contributed by atoms with Gasteiger partial charge in [-0.15, -0.1) is 0 Å². The number of piperidine rings is 1. The summed E-state index contributed by atoms with van der Waals surface area (Å²) in [7, 11) is 1.27. The molecule has 1 N–H and O–H groups in total. The Hall–Kier alpha value is -1.16. The maximum atomic E-state index is 13.5. The maximum absolute atomic E-state index is 13.5. The van der Waals surface area contributed by atoms with Crippen LogP contribution in [0.15, 0.2) is 12.1 Å². The van der Waals surface area contributed by atoms with Crippen LogP contribution in [0.25, 0.3) is 0 Å². The van der Waals surface area contributed by atoms with Crippen LogP contribution in [-0.2, 0) is 0 Å². The van der Waals surface area contributed by atoms with Gasteiger partial charge in [0.25, 0.3) is 0 Å². The molecule has 0 unspecified atom stereocenters. The Labute approximate surface area is 93.6 Å². The Morgan fingerprint density at radius 1 is 1.19 bits per heavy atom. The molecule has 1 saturated heterocycles. The first-order chi connectivity index (χ1) is 7.72. The summed E-state index contributed by atoms with van der Waals surface area (Å²) in [5.74, 6) is -1.28. The summed E-state index contributed by atoms with van der Waals surface area (Å²) in [5.41, 5.74) is 0.734. The van der Waals surface area contributed by atoms with E-state index in [2.05, 4.69) is 10.1 Å². The van der Waals surface area contributed by atoms with Crippen LogP contribution in [0.3, 0.4) is 0 Å². The maximum Gasteiger partial charge on any atom is 0.190 e. The number of hydrogen-bond acceptors (Lipinski definition) is 2. The van der Waals surface area contributed by atoms with Crippen molar-refractivity contribution >= 4 is 0 Å². The molecule has 1 aliphatic rings. The van der Waals surface area contributed by atoms with E-state index in [-0.39, 0.29) is 11.7 Å². The van der Waals surface area contributed by atoms with E-state index in [1.165, 1.54) is 19.2 Å². The number of benzene rings is 1. The van der Waals surface area contributed by atoms with Gasteiger partial charge < -0.3 is 10.1 Å². The van der Waals surface area contributed by atoms with Crippen molar-refractivity contribution in [1.82, 2.24) is 5.32 Å². The first-order valence-corrected chi connectivity index (χ1v) is 5.46. The topological polar surface area (TPSA) is 21.3 Å². The van der Waals surface area contributed by atoms with Crippen molar-refractivity contribution in [2.75, 3.05) is 20.2 Å². The van der Waals surface area contributed by atoms with Crippen LogP contribution in [0.2, 0.25) is 0 Å². The van der Waals surface area contributed by atoms with Crippen molar-refractivity contribution < 1.29 is 13.5 Å². The molecule has 0 bridgehead atoms. The van der Waals surface area contributed by atoms with Crippen LogP contribution >= 0.6 is 0 Å². The second kappa shape index (κ2) is 4.78. The molecule has 1 fully saturated rings. The summed E-state index contributed by atoms with van der Waals surface area (Å²) >= 11 is 0. The second-order valence-electron chi connectivity index (χ2n) is 4.04. The third kappa shape index (κ3) is 2.16. The van der Waals surface area contributed by atoms with Gasteiger partial charge in [0, 0.05) is 0 Å². The minimum absolute atomic E-state index is 0.246. The number of nitrogens with one attached hydrogen (secondary N) is 1. The van der Waals surface area contributed by atoms with Crippen molar-refractivity contribution in [1.29, 1.82) is 0 Å². The quantitative estimate of drug-likeness (QED) is 0.837. The lowest BCUT2D eigenvalue weighted by molar-refractivity contribution is 0.357. The molecule has 0 atom stereocenters. The van der Waals surface area contributed by atoms with Gasteiger partial charge in [-0.2, -0.15) is 0 Å². The molecule has 0 amide bonds. The van der Waals surface area contributed by atoms with Crippen LogP contribution in [-0.4, -0.2) is 20.2 Å². The predicted molar refractivity (Wildman–Crippen MR) is 57.8 cm³/mol. The van der Waals surface area contributed by atoms with E-state index in [0.717, 1.165) is 31.5 Å². The first-order valence-electron chi connectivity index (χ1n) is 5.46. The standard InChI is InChI=1S/C12H15F2NO/c1-16-12-10(13)6-9(7-11(12)14)8-2-4-15-5-3-8/h6-8,15H,2-5H2,1H3. The predicted octanol–water partition coefficient (Wildman–Crippen LogP) is 2.44. The normalized spacial score (nSPS) is 17.4. The molecule has 0 aromatic heterocycles. The highest BCUT2D eigenvalue weighted by Crippen LogP contribution is 2.30. The van der Waals surface area contributed by atoms with Gasteiger partial charge >= 0.3 is 0 Å². The van der Waals surface area contributed by atoms with Crippen LogP contribution in [0.1, 0.15) is 24.3 Å². The van der Waals surface area contributed by atoms with Gasteiger partial charge in [-0.25, -0.2) is 8.78 Å². The number of halogens is 2. The summed E-state index contributed by atoms with van der Waals surface area (Å²) in [6, 6.07) is 2.77. The molecule has 88 valence electrons. The van der Waals surface area contributed by atoms with E-state index in [1.54, 1.807) is 0 Å². The van der Waals surface area contributed by atoms with Crippen molar-refractivity contribution in [3.8, 4) is 5.75 Å². The summed E-state index contributed by atoms with van der Waals surface area (Å²) in [6.45, 7) is 1.81. The minimum Gasteiger partial charge on any atom is -0.491 e. The summed E-state index contributed by atoms with van der Waals surface area (Å²) in [5, 5.41) is 3.22. The Balaban J connectivity index is 2.28. The molecular formula is C12H15F2NO. The van der Waals surface area contributed by atoms with Gasteiger partial charge in [0.1, 0.15) is 0 Å². The summed E-state index contributed by atoms with van der Waals surface area (Å²) in [4.78, 5) is 0. The zero-order valence-electron chi connectivity index (χ0n) is 9.22. The third-order valence-corrected chi connectivity index (χ3v) is 3.04. The van der Waals surface area contributed by atoms with Crippen LogP contribution in [0, 0.1) is 11.6 Å². The average molecular weight is 227 g/mol. The Bertz CT molecular complexity index is 352. The largest absolute Gasteiger partial charge is 0.491 e. The monoisotopic (exact) mass is 227 g/mol. The van der Waals surface area contributed by atoms with E-state index in [1.807, 2.05) is 0 Å². The molecular weight excluding hydrogens is 212 g/mol. The minimum atomic E-state index is -0.615. The molecule has 0 radical (unpaired) electrons. The van der Waals surface area contributed by atoms with Gasteiger partial charge in [0.05, 0.1) is 7.11 Å². The lowest BCUT2D eigenvalue weighted by Gasteiger charge is -2.23. The highest BCUT2D eigenvalue weighted by Gasteiger charge is 2.19. The Kier molecular flexibility index (Phi) is 3.39.